The van der Waals surface area contributed by atoms with Crippen molar-refractivity contribution < 1.29 is 21.6 Å². The van der Waals surface area contributed by atoms with Crippen LogP contribution in [0.2, 0.25) is 0 Å². The van der Waals surface area contributed by atoms with Crippen molar-refractivity contribution in [3.63, 3.8) is 0 Å². The van der Waals surface area contributed by atoms with Crippen molar-refractivity contribution in [3.8, 4) is 0 Å². The van der Waals surface area contributed by atoms with Gasteiger partial charge in [0.05, 0.1) is 15.7 Å². The van der Waals surface area contributed by atoms with Gasteiger partial charge in [-0.25, -0.2) is 13.4 Å². The summed E-state index contributed by atoms with van der Waals surface area (Å²) in [4.78, 5) is 5.29. The Morgan fingerprint density at radius 3 is 2.46 bits per heavy atom. The fraction of sp³-hybridized carbons (Fsp3) is 0.312. The summed E-state index contributed by atoms with van der Waals surface area (Å²) in [6.45, 7) is 0.570. The predicted molar refractivity (Wildman–Crippen MR) is 83.5 cm³/mol. The first-order valence-corrected chi connectivity index (χ1v) is 8.91. The van der Waals surface area contributed by atoms with Crippen LogP contribution < -0.4 is 4.90 Å². The summed E-state index contributed by atoms with van der Waals surface area (Å²) in [6, 6.07) is 9.61. The monoisotopic (exact) mass is 356 g/mol. The highest BCUT2D eigenvalue weighted by atomic mass is 32.2. The normalized spacial score (nSPS) is 18.8. The fourth-order valence-electron chi connectivity index (χ4n) is 2.86. The zero-order chi connectivity index (χ0) is 17.4. The molecule has 4 nitrogen and oxygen atoms in total. The summed E-state index contributed by atoms with van der Waals surface area (Å²) in [5, 5.41) is -0.886. The zero-order valence-corrected chi connectivity index (χ0v) is 13.4. The topological polar surface area (TPSA) is 50.3 Å². The van der Waals surface area contributed by atoms with Crippen LogP contribution in [0.4, 0.5) is 19.0 Å². The van der Waals surface area contributed by atoms with Gasteiger partial charge in [-0.3, -0.25) is 0 Å². The van der Waals surface area contributed by atoms with E-state index in [1.165, 1.54) is 12.1 Å². The molecule has 2 aromatic rings. The van der Waals surface area contributed by atoms with Crippen LogP contribution in [-0.2, 0) is 16.0 Å². The maximum absolute atomic E-state index is 13.1. The molecule has 128 valence electrons. The van der Waals surface area contributed by atoms with Gasteiger partial charge in [0.25, 0.3) is 0 Å². The number of hydrogen-bond acceptors (Lipinski definition) is 4. The Kier molecular flexibility index (Phi) is 4.25. The average molecular weight is 356 g/mol. The molecule has 0 unspecified atom stereocenters. The number of aromatic nitrogens is 1. The van der Waals surface area contributed by atoms with E-state index in [9.17, 15) is 21.6 Å². The van der Waals surface area contributed by atoms with Crippen LogP contribution in [-0.4, -0.2) is 31.7 Å². The van der Waals surface area contributed by atoms with E-state index in [4.69, 9.17) is 0 Å². The van der Waals surface area contributed by atoms with Gasteiger partial charge in [-0.2, -0.15) is 13.2 Å². The summed E-state index contributed by atoms with van der Waals surface area (Å²) in [6.07, 6.45) is -2.84. The van der Waals surface area contributed by atoms with E-state index >= 15 is 0 Å². The first kappa shape index (κ1) is 16.8. The van der Waals surface area contributed by atoms with Crippen LogP contribution in [0.3, 0.4) is 0 Å². The van der Waals surface area contributed by atoms with Crippen molar-refractivity contribution >= 4 is 15.7 Å². The number of benzene rings is 1. The second-order valence-electron chi connectivity index (χ2n) is 5.58. The molecule has 1 saturated heterocycles. The molecule has 0 bridgehead atoms. The van der Waals surface area contributed by atoms with E-state index in [0.717, 1.165) is 12.1 Å². The molecule has 0 N–H and O–H groups in total. The Morgan fingerprint density at radius 2 is 1.79 bits per heavy atom. The molecule has 1 aromatic heterocycles. The van der Waals surface area contributed by atoms with Crippen LogP contribution in [0.5, 0.6) is 0 Å². The van der Waals surface area contributed by atoms with Crippen LogP contribution in [0.15, 0.2) is 53.6 Å². The molecule has 2 heterocycles. The number of anilines is 1. The molecule has 0 aliphatic carbocycles. The molecule has 0 amide bonds. The molecule has 1 aliphatic heterocycles. The zero-order valence-electron chi connectivity index (χ0n) is 12.6. The van der Waals surface area contributed by atoms with Gasteiger partial charge in [-0.15, -0.1) is 0 Å². The molecule has 1 aromatic carbocycles. The lowest BCUT2D eigenvalue weighted by molar-refractivity contribution is -0.139. The third-order valence-corrected chi connectivity index (χ3v) is 6.29. The van der Waals surface area contributed by atoms with Crippen molar-refractivity contribution in [1.82, 2.24) is 4.98 Å². The molecule has 1 fully saturated rings. The Bertz CT molecular complexity index is 823. The van der Waals surface area contributed by atoms with Crippen molar-refractivity contribution in [2.24, 2.45) is 0 Å². The number of pyridine rings is 1. The average Bonchev–Trinajstić information content (AvgIpc) is 3.06. The van der Waals surface area contributed by atoms with Gasteiger partial charge in [0.15, 0.2) is 9.84 Å². The third kappa shape index (κ3) is 3.10. The Balaban J connectivity index is 1.91. The molecule has 0 saturated carbocycles. The molecule has 0 spiro atoms. The Hall–Kier alpha value is -2.09. The van der Waals surface area contributed by atoms with Crippen LogP contribution in [0.25, 0.3) is 0 Å². The highest BCUT2D eigenvalue weighted by molar-refractivity contribution is 7.92. The van der Waals surface area contributed by atoms with Gasteiger partial charge >= 0.3 is 6.18 Å². The fourth-order valence-corrected chi connectivity index (χ4v) is 4.77. The second-order valence-corrected chi connectivity index (χ2v) is 7.78. The SMILES string of the molecule is O=S(=O)(c1ccccc1C(F)(F)F)[C@H]1CCN(c2ccccn2)C1. The van der Waals surface area contributed by atoms with Crippen molar-refractivity contribution in [2.45, 2.75) is 22.7 Å². The largest absolute Gasteiger partial charge is 0.417 e. The number of nitrogens with zero attached hydrogens (tertiary/aromatic N) is 2. The maximum Gasteiger partial charge on any atom is 0.417 e. The highest BCUT2D eigenvalue weighted by Crippen LogP contribution is 2.36. The Morgan fingerprint density at radius 1 is 1.08 bits per heavy atom. The quantitative estimate of drug-likeness (QED) is 0.848. The van der Waals surface area contributed by atoms with Gasteiger partial charge in [0, 0.05) is 19.3 Å². The Labute approximate surface area is 137 Å². The standard InChI is InChI=1S/C16H15F3N2O2S/c17-16(18,19)13-5-1-2-6-14(13)24(22,23)12-8-10-21(11-12)15-7-3-4-9-20-15/h1-7,9,12H,8,10-11H2/t12-/m0/s1. The minimum Gasteiger partial charge on any atom is -0.355 e. The summed E-state index contributed by atoms with van der Waals surface area (Å²) >= 11 is 0. The minimum atomic E-state index is -4.71. The van der Waals surface area contributed by atoms with Crippen LogP contribution in [0.1, 0.15) is 12.0 Å². The summed E-state index contributed by atoms with van der Waals surface area (Å²) in [5.74, 6) is 0.624. The van der Waals surface area contributed by atoms with Crippen molar-refractivity contribution in [3.05, 3.63) is 54.2 Å². The number of hydrogen-bond donors (Lipinski definition) is 0. The first-order chi connectivity index (χ1) is 11.3. The van der Waals surface area contributed by atoms with Crippen LogP contribution in [0, 0.1) is 0 Å². The van der Waals surface area contributed by atoms with Crippen molar-refractivity contribution in [1.29, 1.82) is 0 Å². The summed E-state index contributed by atoms with van der Waals surface area (Å²) in [7, 11) is -4.08. The molecule has 24 heavy (non-hydrogen) atoms. The van der Waals surface area contributed by atoms with E-state index in [0.29, 0.717) is 12.4 Å². The van der Waals surface area contributed by atoms with E-state index in [-0.39, 0.29) is 13.0 Å². The van der Waals surface area contributed by atoms with Crippen LogP contribution >= 0.6 is 0 Å². The lowest BCUT2D eigenvalue weighted by Crippen LogP contribution is -2.28. The van der Waals surface area contributed by atoms with E-state index < -0.39 is 31.7 Å². The number of halogens is 3. The lowest BCUT2D eigenvalue weighted by atomic mass is 10.2. The maximum atomic E-state index is 13.1. The number of sulfone groups is 1. The summed E-state index contributed by atoms with van der Waals surface area (Å²) < 4.78 is 64.8. The van der Waals surface area contributed by atoms with Gasteiger partial charge in [-0.1, -0.05) is 18.2 Å². The van der Waals surface area contributed by atoms with Gasteiger partial charge in [-0.05, 0) is 30.7 Å². The lowest BCUT2D eigenvalue weighted by Gasteiger charge is -2.19. The third-order valence-electron chi connectivity index (χ3n) is 4.06. The van der Waals surface area contributed by atoms with Gasteiger partial charge < -0.3 is 4.90 Å². The smallest absolute Gasteiger partial charge is 0.355 e. The number of alkyl halides is 3. The van der Waals surface area contributed by atoms with E-state index in [1.54, 1.807) is 29.3 Å². The van der Waals surface area contributed by atoms with Gasteiger partial charge in [0.1, 0.15) is 5.82 Å². The highest BCUT2D eigenvalue weighted by Gasteiger charge is 2.41. The molecule has 8 heteroatoms. The molecule has 3 rings (SSSR count). The van der Waals surface area contributed by atoms with Gasteiger partial charge in [0.2, 0.25) is 0 Å². The predicted octanol–water partition coefficient (Wildman–Crippen LogP) is 3.15. The molecule has 1 atom stereocenters. The molecular weight excluding hydrogens is 341 g/mol. The molecular formula is C16H15F3N2O2S. The second kappa shape index (κ2) is 6.08. The van der Waals surface area contributed by atoms with E-state index in [1.807, 2.05) is 0 Å². The number of rotatable bonds is 3. The first-order valence-electron chi connectivity index (χ1n) is 7.36. The van der Waals surface area contributed by atoms with Crippen molar-refractivity contribution in [2.75, 3.05) is 18.0 Å². The molecule has 0 radical (unpaired) electrons. The summed E-state index contributed by atoms with van der Waals surface area (Å²) in [5.41, 5.74) is -1.11. The molecule has 1 aliphatic rings. The minimum absolute atomic E-state index is 0.130. The van der Waals surface area contributed by atoms with E-state index in [2.05, 4.69) is 4.98 Å².